The SMILES string of the molecule is O=C(NC1CCc2nccn2C1)[C@@H]1CN(Cc2ccccc2)C[C@H]1c1cccs1. The van der Waals surface area contributed by atoms with Gasteiger partial charge in [-0.15, -0.1) is 11.3 Å². The first kappa shape index (κ1) is 18.6. The third-order valence-corrected chi connectivity index (χ3v) is 7.18. The number of aryl methyl sites for hydroxylation is 1. The minimum Gasteiger partial charge on any atom is -0.351 e. The molecule has 4 heterocycles. The summed E-state index contributed by atoms with van der Waals surface area (Å²) >= 11 is 1.77. The molecule has 0 spiro atoms. The number of likely N-dealkylation sites (tertiary alicyclic amines) is 1. The van der Waals surface area contributed by atoms with Gasteiger partial charge in [0.25, 0.3) is 0 Å². The molecule has 1 amide bonds. The highest BCUT2D eigenvalue weighted by Crippen LogP contribution is 2.36. The first-order valence-electron chi connectivity index (χ1n) is 10.4. The quantitative estimate of drug-likeness (QED) is 0.707. The number of nitrogens with one attached hydrogen (secondary N) is 1. The summed E-state index contributed by atoms with van der Waals surface area (Å²) < 4.78 is 2.17. The van der Waals surface area contributed by atoms with E-state index in [1.807, 2.05) is 18.5 Å². The number of carbonyl (C=O) groups excluding carboxylic acids is 1. The lowest BCUT2D eigenvalue weighted by Gasteiger charge is -2.27. The highest BCUT2D eigenvalue weighted by atomic mass is 32.1. The molecular weight excluding hydrogens is 380 g/mol. The smallest absolute Gasteiger partial charge is 0.225 e. The van der Waals surface area contributed by atoms with Crippen molar-refractivity contribution in [3.05, 3.63) is 76.5 Å². The zero-order valence-electron chi connectivity index (χ0n) is 16.4. The van der Waals surface area contributed by atoms with E-state index in [-0.39, 0.29) is 23.8 Å². The van der Waals surface area contributed by atoms with Crippen LogP contribution in [-0.2, 0) is 24.3 Å². The first-order valence-corrected chi connectivity index (χ1v) is 11.2. The van der Waals surface area contributed by atoms with Crippen molar-refractivity contribution in [3.63, 3.8) is 0 Å². The van der Waals surface area contributed by atoms with Gasteiger partial charge in [0, 0.05) is 61.8 Å². The topological polar surface area (TPSA) is 50.2 Å². The Morgan fingerprint density at radius 2 is 2.03 bits per heavy atom. The second-order valence-corrected chi connectivity index (χ2v) is 9.13. The fraction of sp³-hybridized carbons (Fsp3) is 0.391. The van der Waals surface area contributed by atoms with Crippen LogP contribution in [0.25, 0.3) is 0 Å². The molecule has 1 aromatic carbocycles. The van der Waals surface area contributed by atoms with Crippen molar-refractivity contribution in [3.8, 4) is 0 Å². The molecule has 1 fully saturated rings. The minimum atomic E-state index is 0.00143. The molecule has 3 atom stereocenters. The Balaban J connectivity index is 1.29. The van der Waals surface area contributed by atoms with Crippen LogP contribution in [0.3, 0.4) is 0 Å². The van der Waals surface area contributed by atoms with Gasteiger partial charge in [-0.05, 0) is 23.4 Å². The second-order valence-electron chi connectivity index (χ2n) is 8.15. The van der Waals surface area contributed by atoms with Crippen molar-refractivity contribution in [1.82, 2.24) is 19.8 Å². The van der Waals surface area contributed by atoms with Crippen LogP contribution < -0.4 is 5.32 Å². The molecule has 2 aromatic heterocycles. The number of nitrogens with zero attached hydrogens (tertiary/aromatic N) is 3. The lowest BCUT2D eigenvalue weighted by atomic mass is 9.93. The summed E-state index contributed by atoms with van der Waals surface area (Å²) in [6, 6.07) is 15.0. The molecule has 5 nitrogen and oxygen atoms in total. The lowest BCUT2D eigenvalue weighted by molar-refractivity contribution is -0.126. The van der Waals surface area contributed by atoms with Crippen LogP contribution in [0.1, 0.15) is 28.6 Å². The van der Waals surface area contributed by atoms with E-state index in [1.54, 1.807) is 11.3 Å². The zero-order valence-corrected chi connectivity index (χ0v) is 17.2. The van der Waals surface area contributed by atoms with Crippen molar-refractivity contribution in [2.45, 2.75) is 37.9 Å². The van der Waals surface area contributed by atoms with Gasteiger partial charge in [0.15, 0.2) is 0 Å². The first-order chi connectivity index (χ1) is 14.3. The molecule has 0 bridgehead atoms. The Labute approximate surface area is 175 Å². The van der Waals surface area contributed by atoms with Crippen molar-refractivity contribution in [2.75, 3.05) is 13.1 Å². The highest BCUT2D eigenvalue weighted by Gasteiger charge is 2.39. The van der Waals surface area contributed by atoms with Gasteiger partial charge in [-0.3, -0.25) is 9.69 Å². The number of benzene rings is 1. The van der Waals surface area contributed by atoms with Gasteiger partial charge in [0.1, 0.15) is 5.82 Å². The number of carbonyl (C=O) groups is 1. The van der Waals surface area contributed by atoms with E-state index < -0.39 is 0 Å². The Kier molecular flexibility index (Phi) is 5.21. The summed E-state index contributed by atoms with van der Waals surface area (Å²) in [4.78, 5) is 21.4. The standard InChI is InChI=1S/C23H26N4OS/c28-23(25-18-8-9-22-24-10-11-27(22)14-18)20-16-26(13-17-5-2-1-3-6-17)15-19(20)21-7-4-12-29-21/h1-7,10-12,18-20H,8-9,13-16H2,(H,25,28)/t18?,19-,20-/m1/s1. The van der Waals surface area contributed by atoms with Gasteiger partial charge in [0.2, 0.25) is 5.91 Å². The van der Waals surface area contributed by atoms with Crippen molar-refractivity contribution < 1.29 is 4.79 Å². The van der Waals surface area contributed by atoms with Crippen molar-refractivity contribution in [2.24, 2.45) is 5.92 Å². The molecule has 2 aliphatic heterocycles. The Bertz CT molecular complexity index is 952. The lowest BCUT2D eigenvalue weighted by Crippen LogP contribution is -2.45. The molecule has 3 aromatic rings. The third-order valence-electron chi connectivity index (χ3n) is 6.17. The van der Waals surface area contributed by atoms with E-state index in [2.05, 4.69) is 61.5 Å². The average Bonchev–Trinajstić information content (AvgIpc) is 3.48. The predicted molar refractivity (Wildman–Crippen MR) is 115 cm³/mol. The number of aromatic nitrogens is 2. The number of thiophene rings is 1. The van der Waals surface area contributed by atoms with Crippen LogP contribution in [0.4, 0.5) is 0 Å². The summed E-state index contributed by atoms with van der Waals surface area (Å²) in [5, 5.41) is 5.48. The maximum atomic E-state index is 13.3. The molecule has 29 heavy (non-hydrogen) atoms. The molecular formula is C23H26N4OS. The molecule has 1 unspecified atom stereocenters. The fourth-order valence-electron chi connectivity index (χ4n) is 4.70. The van der Waals surface area contributed by atoms with E-state index in [1.165, 1.54) is 10.4 Å². The number of amides is 1. The summed E-state index contributed by atoms with van der Waals surface area (Å²) in [5.74, 6) is 1.60. The molecule has 0 radical (unpaired) electrons. The number of hydrogen-bond acceptors (Lipinski definition) is 4. The van der Waals surface area contributed by atoms with Gasteiger partial charge >= 0.3 is 0 Å². The molecule has 5 rings (SSSR count). The summed E-state index contributed by atoms with van der Waals surface area (Å²) in [5.41, 5.74) is 1.30. The molecule has 1 saturated heterocycles. The van der Waals surface area contributed by atoms with Gasteiger partial charge in [0.05, 0.1) is 5.92 Å². The number of rotatable bonds is 5. The van der Waals surface area contributed by atoms with Gasteiger partial charge < -0.3 is 9.88 Å². The minimum absolute atomic E-state index is 0.00143. The summed E-state index contributed by atoms with van der Waals surface area (Å²) in [6.45, 7) is 3.47. The average molecular weight is 407 g/mol. The van der Waals surface area contributed by atoms with Crippen LogP contribution in [0.2, 0.25) is 0 Å². The van der Waals surface area contributed by atoms with E-state index in [4.69, 9.17) is 0 Å². The molecule has 0 aliphatic carbocycles. The maximum Gasteiger partial charge on any atom is 0.225 e. The molecule has 150 valence electrons. The van der Waals surface area contributed by atoms with Gasteiger partial charge in [-0.25, -0.2) is 4.98 Å². The second kappa shape index (κ2) is 8.13. The highest BCUT2D eigenvalue weighted by molar-refractivity contribution is 7.10. The zero-order chi connectivity index (χ0) is 19.6. The largest absolute Gasteiger partial charge is 0.351 e. The van der Waals surface area contributed by atoms with Crippen LogP contribution >= 0.6 is 11.3 Å². The maximum absolute atomic E-state index is 13.3. The Hall–Kier alpha value is -2.44. The molecule has 6 heteroatoms. The van der Waals surface area contributed by atoms with E-state index >= 15 is 0 Å². The monoisotopic (exact) mass is 406 g/mol. The van der Waals surface area contributed by atoms with Crippen LogP contribution in [-0.4, -0.2) is 39.5 Å². The van der Waals surface area contributed by atoms with Crippen LogP contribution in [0, 0.1) is 5.92 Å². The molecule has 2 aliphatic rings. The van der Waals surface area contributed by atoms with E-state index in [0.29, 0.717) is 0 Å². The normalized spacial score (nSPS) is 24.3. The predicted octanol–water partition coefficient (Wildman–Crippen LogP) is 3.29. The number of fused-ring (bicyclic) bond motifs is 1. The summed E-state index contributed by atoms with van der Waals surface area (Å²) in [6.07, 6.45) is 5.76. The molecule has 1 N–H and O–H groups in total. The number of imidazole rings is 1. The molecule has 0 saturated carbocycles. The Morgan fingerprint density at radius 3 is 2.86 bits per heavy atom. The number of hydrogen-bond donors (Lipinski definition) is 1. The van der Waals surface area contributed by atoms with E-state index in [0.717, 1.165) is 44.8 Å². The Morgan fingerprint density at radius 1 is 1.14 bits per heavy atom. The van der Waals surface area contributed by atoms with Crippen molar-refractivity contribution in [1.29, 1.82) is 0 Å². The van der Waals surface area contributed by atoms with E-state index in [9.17, 15) is 4.79 Å². The summed E-state index contributed by atoms with van der Waals surface area (Å²) in [7, 11) is 0. The van der Waals surface area contributed by atoms with Crippen LogP contribution in [0.5, 0.6) is 0 Å². The van der Waals surface area contributed by atoms with Crippen LogP contribution in [0.15, 0.2) is 60.2 Å². The van der Waals surface area contributed by atoms with Crippen molar-refractivity contribution >= 4 is 17.2 Å². The third kappa shape index (κ3) is 4.00. The van der Waals surface area contributed by atoms with Gasteiger partial charge in [-0.2, -0.15) is 0 Å². The fourth-order valence-corrected chi connectivity index (χ4v) is 5.59. The van der Waals surface area contributed by atoms with Gasteiger partial charge in [-0.1, -0.05) is 36.4 Å².